The van der Waals surface area contributed by atoms with Crippen molar-refractivity contribution in [3.63, 3.8) is 0 Å². The average molecular weight is 403 g/mol. The summed E-state index contributed by atoms with van der Waals surface area (Å²) in [6.45, 7) is 13.1. The van der Waals surface area contributed by atoms with E-state index >= 15 is 0 Å². The molecule has 1 aromatic carbocycles. The summed E-state index contributed by atoms with van der Waals surface area (Å²) in [5.74, 6) is 0.752. The number of likely N-dealkylation sites (tertiary alicyclic amines) is 1. The zero-order chi connectivity index (χ0) is 21.2. The van der Waals surface area contributed by atoms with Crippen LogP contribution in [0.3, 0.4) is 0 Å². The van der Waals surface area contributed by atoms with E-state index in [0.29, 0.717) is 13.2 Å². The van der Waals surface area contributed by atoms with Gasteiger partial charge in [-0.3, -0.25) is 0 Å². The normalized spacial score (nSPS) is 24.5. The monoisotopic (exact) mass is 403 g/mol. The molecule has 0 unspecified atom stereocenters. The zero-order valence-corrected chi connectivity index (χ0v) is 18.6. The molecule has 3 rings (SSSR count). The molecule has 6 nitrogen and oxygen atoms in total. The summed E-state index contributed by atoms with van der Waals surface area (Å²) in [7, 11) is -0.401. The van der Waals surface area contributed by atoms with Crippen LogP contribution in [0.4, 0.5) is 4.79 Å². The molecule has 1 aromatic rings. The summed E-state index contributed by atoms with van der Waals surface area (Å²) in [4.78, 5) is 14.2. The number of rotatable bonds is 4. The molecule has 1 amide bonds. The molecule has 2 aliphatic rings. The van der Waals surface area contributed by atoms with Gasteiger partial charge in [-0.15, -0.1) is 0 Å². The SMILES string of the molecule is C[C@@H]1CC(C)(C)OB(c2cccc(OC[C@H]3CCCN3C(=O)OC(C)(C)C)c2)O1. The van der Waals surface area contributed by atoms with Crippen LogP contribution in [-0.2, 0) is 14.0 Å². The van der Waals surface area contributed by atoms with Crippen molar-refractivity contribution < 1.29 is 23.6 Å². The highest BCUT2D eigenvalue weighted by Crippen LogP contribution is 2.26. The fourth-order valence-corrected chi connectivity index (χ4v) is 3.98. The summed E-state index contributed by atoms with van der Waals surface area (Å²) in [6.07, 6.45) is 2.61. The predicted octanol–water partition coefficient (Wildman–Crippen LogP) is 3.76. The molecule has 7 heteroatoms. The molecule has 0 aromatic heterocycles. The van der Waals surface area contributed by atoms with Gasteiger partial charge >= 0.3 is 13.2 Å². The van der Waals surface area contributed by atoms with Crippen LogP contribution in [0.15, 0.2) is 24.3 Å². The smallest absolute Gasteiger partial charge is 0.491 e. The second-order valence-corrected chi connectivity index (χ2v) is 9.71. The summed E-state index contributed by atoms with van der Waals surface area (Å²) >= 11 is 0. The maximum atomic E-state index is 12.5. The highest BCUT2D eigenvalue weighted by atomic mass is 16.6. The summed E-state index contributed by atoms with van der Waals surface area (Å²) in [6, 6.07) is 7.85. The largest absolute Gasteiger partial charge is 0.494 e. The Morgan fingerprint density at radius 3 is 2.79 bits per heavy atom. The minimum absolute atomic E-state index is 0.0228. The average Bonchev–Trinajstić information content (AvgIpc) is 3.06. The van der Waals surface area contributed by atoms with Crippen molar-refractivity contribution in [3.8, 4) is 5.75 Å². The Bertz CT molecular complexity index is 717. The number of hydrogen-bond donors (Lipinski definition) is 0. The first kappa shape index (κ1) is 22.0. The molecule has 2 saturated heterocycles. The maximum Gasteiger partial charge on any atom is 0.494 e. The lowest BCUT2D eigenvalue weighted by atomic mass is 9.75. The minimum atomic E-state index is -0.496. The van der Waals surface area contributed by atoms with Crippen molar-refractivity contribution in [1.82, 2.24) is 4.90 Å². The number of carbonyl (C=O) groups is 1. The Kier molecular flexibility index (Phi) is 6.49. The molecule has 0 spiro atoms. The number of nitrogens with zero attached hydrogens (tertiary/aromatic N) is 1. The molecule has 0 N–H and O–H groups in total. The van der Waals surface area contributed by atoms with E-state index in [0.717, 1.165) is 30.5 Å². The Hall–Kier alpha value is -1.73. The Morgan fingerprint density at radius 1 is 1.34 bits per heavy atom. The Morgan fingerprint density at radius 2 is 2.10 bits per heavy atom. The van der Waals surface area contributed by atoms with Gasteiger partial charge in [0, 0.05) is 12.6 Å². The van der Waals surface area contributed by atoms with E-state index in [1.54, 1.807) is 4.90 Å². The lowest BCUT2D eigenvalue weighted by Gasteiger charge is -2.38. The minimum Gasteiger partial charge on any atom is -0.491 e. The topological polar surface area (TPSA) is 57.2 Å². The van der Waals surface area contributed by atoms with Crippen LogP contribution in [0.2, 0.25) is 0 Å². The summed E-state index contributed by atoms with van der Waals surface area (Å²) < 4.78 is 23.7. The van der Waals surface area contributed by atoms with E-state index in [1.807, 2.05) is 45.0 Å². The second kappa shape index (κ2) is 8.56. The first-order chi connectivity index (χ1) is 13.5. The van der Waals surface area contributed by atoms with Gasteiger partial charge < -0.3 is 23.7 Å². The third-order valence-electron chi connectivity index (χ3n) is 5.14. The van der Waals surface area contributed by atoms with Gasteiger partial charge in [0.1, 0.15) is 18.0 Å². The quantitative estimate of drug-likeness (QED) is 0.717. The number of carbonyl (C=O) groups excluding carboxylic acids is 1. The van der Waals surface area contributed by atoms with E-state index in [9.17, 15) is 4.79 Å². The van der Waals surface area contributed by atoms with Gasteiger partial charge in [0.25, 0.3) is 0 Å². The maximum absolute atomic E-state index is 12.5. The van der Waals surface area contributed by atoms with E-state index in [1.165, 1.54) is 0 Å². The van der Waals surface area contributed by atoms with E-state index in [2.05, 4.69) is 20.8 Å². The molecule has 160 valence electrons. The van der Waals surface area contributed by atoms with Crippen molar-refractivity contribution in [2.24, 2.45) is 0 Å². The fourth-order valence-electron chi connectivity index (χ4n) is 3.98. The molecule has 0 saturated carbocycles. The third kappa shape index (κ3) is 6.13. The van der Waals surface area contributed by atoms with Crippen LogP contribution >= 0.6 is 0 Å². The molecule has 2 fully saturated rings. The molecule has 29 heavy (non-hydrogen) atoms. The molecular weight excluding hydrogens is 369 g/mol. The number of amides is 1. The van der Waals surface area contributed by atoms with Crippen LogP contribution in [0.25, 0.3) is 0 Å². The number of hydrogen-bond acceptors (Lipinski definition) is 5. The standard InChI is InChI=1S/C22H34BNO5/c1-16-14-22(5,6)29-23(28-16)17-9-7-11-19(13-17)26-15-18-10-8-12-24(18)20(25)27-21(2,3)4/h7,9,11,13,16,18H,8,10,12,14-15H2,1-6H3/t16-,18-/m1/s1. The lowest BCUT2D eigenvalue weighted by Crippen LogP contribution is -2.51. The first-order valence-electron chi connectivity index (χ1n) is 10.6. The van der Waals surface area contributed by atoms with Gasteiger partial charge in [-0.25, -0.2) is 4.79 Å². The van der Waals surface area contributed by atoms with Gasteiger partial charge in [-0.05, 0) is 78.4 Å². The van der Waals surface area contributed by atoms with E-state index in [-0.39, 0.29) is 23.8 Å². The molecular formula is C22H34BNO5. The predicted molar refractivity (Wildman–Crippen MR) is 114 cm³/mol. The van der Waals surface area contributed by atoms with Crippen LogP contribution in [0.1, 0.15) is 60.8 Å². The Balaban J connectivity index is 1.61. The highest BCUT2D eigenvalue weighted by molar-refractivity contribution is 6.61. The van der Waals surface area contributed by atoms with Crippen LogP contribution in [0.5, 0.6) is 5.75 Å². The first-order valence-corrected chi connectivity index (χ1v) is 10.6. The van der Waals surface area contributed by atoms with Gasteiger partial charge in [-0.1, -0.05) is 12.1 Å². The lowest BCUT2D eigenvalue weighted by molar-refractivity contribution is -0.0230. The number of benzene rings is 1. The molecule has 2 aliphatic heterocycles. The molecule has 0 radical (unpaired) electrons. The molecule has 2 heterocycles. The van der Waals surface area contributed by atoms with Crippen LogP contribution in [0, 0.1) is 0 Å². The van der Waals surface area contributed by atoms with Crippen LogP contribution in [-0.4, -0.2) is 54.6 Å². The van der Waals surface area contributed by atoms with Crippen molar-refractivity contribution in [2.75, 3.05) is 13.2 Å². The third-order valence-corrected chi connectivity index (χ3v) is 5.14. The Labute approximate surface area is 175 Å². The summed E-state index contributed by atoms with van der Waals surface area (Å²) in [5.41, 5.74) is 0.221. The zero-order valence-electron chi connectivity index (χ0n) is 18.6. The van der Waals surface area contributed by atoms with Crippen molar-refractivity contribution in [2.45, 2.75) is 84.2 Å². The molecule has 0 aliphatic carbocycles. The van der Waals surface area contributed by atoms with Crippen molar-refractivity contribution in [3.05, 3.63) is 24.3 Å². The van der Waals surface area contributed by atoms with Crippen molar-refractivity contribution >= 4 is 18.7 Å². The van der Waals surface area contributed by atoms with Gasteiger partial charge in [-0.2, -0.15) is 0 Å². The highest BCUT2D eigenvalue weighted by Gasteiger charge is 2.38. The van der Waals surface area contributed by atoms with Gasteiger partial charge in [0.15, 0.2) is 0 Å². The van der Waals surface area contributed by atoms with E-state index in [4.69, 9.17) is 18.8 Å². The van der Waals surface area contributed by atoms with E-state index < -0.39 is 12.7 Å². The van der Waals surface area contributed by atoms with Gasteiger partial charge in [0.2, 0.25) is 0 Å². The second-order valence-electron chi connectivity index (χ2n) is 9.71. The van der Waals surface area contributed by atoms with Gasteiger partial charge in [0.05, 0.1) is 11.6 Å². The summed E-state index contributed by atoms with van der Waals surface area (Å²) in [5, 5.41) is 0. The molecule has 2 atom stereocenters. The number of ether oxygens (including phenoxy) is 2. The fraction of sp³-hybridized carbons (Fsp3) is 0.682. The van der Waals surface area contributed by atoms with Crippen molar-refractivity contribution in [1.29, 1.82) is 0 Å². The molecule has 0 bridgehead atoms. The van der Waals surface area contributed by atoms with Crippen LogP contribution < -0.4 is 10.2 Å².